The van der Waals surface area contributed by atoms with Crippen LogP contribution >= 0.6 is 7.92 Å². The highest BCUT2D eigenvalue weighted by Crippen LogP contribution is 2.45. The van der Waals surface area contributed by atoms with Gasteiger partial charge in [-0.15, -0.1) is 21.1 Å². The molecule has 0 radical (unpaired) electrons. The van der Waals surface area contributed by atoms with Gasteiger partial charge in [-0.2, -0.15) is 0 Å². The fraction of sp³-hybridized carbons (Fsp3) is 0.750. The molecule has 0 aromatic rings. The number of hydrogen-bond acceptors (Lipinski definition) is 0. The molecule has 2 atom stereocenters. The Morgan fingerprint density at radius 1 is 1.44 bits per heavy atom. The number of rotatable bonds is 0. The summed E-state index contributed by atoms with van der Waals surface area (Å²) in [6.07, 6.45) is 4.54. The molecule has 0 saturated carbocycles. The third-order valence-corrected chi connectivity index (χ3v) is 4.67. The van der Waals surface area contributed by atoms with Crippen molar-refractivity contribution in [3.05, 3.63) is 13.2 Å². The molecule has 9 heavy (non-hydrogen) atoms. The highest BCUT2D eigenvalue weighted by atomic mass is 31.1. The molecule has 2 unspecified atom stereocenters. The van der Waals surface area contributed by atoms with Gasteiger partial charge in [0, 0.05) is 0 Å². The van der Waals surface area contributed by atoms with Gasteiger partial charge < -0.3 is 0 Å². The molecule has 0 spiro atoms. The van der Waals surface area contributed by atoms with Crippen LogP contribution in [0.15, 0.2) is 13.2 Å². The van der Waals surface area contributed by atoms with Crippen LogP contribution in [0.4, 0.5) is 0 Å². The van der Waals surface area contributed by atoms with Crippen LogP contribution < -0.4 is 0 Å². The molecule has 1 aliphatic rings. The van der Waals surface area contributed by atoms with Crippen LogP contribution in [0, 0.1) is 0 Å². The maximum Gasteiger partial charge on any atom is -0.0240 e. The van der Waals surface area contributed by atoms with Crippen molar-refractivity contribution in [1.29, 1.82) is 0 Å². The van der Waals surface area contributed by atoms with Crippen molar-refractivity contribution >= 4 is 7.92 Å². The van der Waals surface area contributed by atoms with Gasteiger partial charge in [-0.3, -0.25) is 0 Å². The largest absolute Gasteiger partial charge is 0.107 e. The van der Waals surface area contributed by atoms with Gasteiger partial charge in [-0.25, -0.2) is 0 Å². The Kier molecular flexibility index (Phi) is 5.09. The van der Waals surface area contributed by atoms with E-state index in [2.05, 4.69) is 26.7 Å². The summed E-state index contributed by atoms with van der Waals surface area (Å²) in [7, 11) is 0.474. The second-order valence-corrected chi connectivity index (χ2v) is 5.31. The zero-order valence-corrected chi connectivity index (χ0v) is 7.45. The van der Waals surface area contributed by atoms with E-state index in [1.54, 1.807) is 0 Å². The molecule has 0 nitrogen and oxygen atoms in total. The third kappa shape index (κ3) is 3.01. The minimum atomic E-state index is 0.474. The zero-order valence-electron chi connectivity index (χ0n) is 6.56. The summed E-state index contributed by atoms with van der Waals surface area (Å²) in [4.78, 5) is 0. The summed E-state index contributed by atoms with van der Waals surface area (Å²) in [5.41, 5.74) is 1.08. The van der Waals surface area contributed by atoms with E-state index in [1.165, 1.54) is 19.0 Å². The van der Waals surface area contributed by atoms with Crippen molar-refractivity contribution in [2.75, 3.05) is 12.8 Å². The Morgan fingerprint density at radius 2 is 2.00 bits per heavy atom. The molecule has 0 bridgehead atoms. The van der Waals surface area contributed by atoms with Crippen LogP contribution in [-0.2, 0) is 0 Å². The van der Waals surface area contributed by atoms with Crippen LogP contribution in [0.5, 0.6) is 0 Å². The minimum absolute atomic E-state index is 0.474. The highest BCUT2D eigenvalue weighted by Gasteiger charge is 2.16. The normalized spacial score (nSPS) is 33.1. The lowest BCUT2D eigenvalue weighted by atomic mass is 10.3. The minimum Gasteiger partial charge on any atom is -0.107 e. The van der Waals surface area contributed by atoms with Gasteiger partial charge in [-0.05, 0) is 31.3 Å². The lowest BCUT2D eigenvalue weighted by molar-refractivity contribution is 0.836. The van der Waals surface area contributed by atoms with Crippen molar-refractivity contribution < 1.29 is 0 Å². The molecule has 0 aromatic carbocycles. The van der Waals surface area contributed by atoms with E-state index in [0.29, 0.717) is 7.92 Å². The summed E-state index contributed by atoms with van der Waals surface area (Å²) in [6, 6.07) is 0. The Morgan fingerprint density at radius 3 is 2.11 bits per heavy atom. The fourth-order valence-electron chi connectivity index (χ4n) is 1.08. The van der Waals surface area contributed by atoms with Crippen LogP contribution in [0.3, 0.4) is 0 Å². The Balaban J connectivity index is 0.000000291. The van der Waals surface area contributed by atoms with Gasteiger partial charge in [0.05, 0.1) is 0 Å². The summed E-state index contributed by atoms with van der Waals surface area (Å²) in [6.45, 7) is 10.8. The van der Waals surface area contributed by atoms with Crippen LogP contribution in [-0.4, -0.2) is 18.5 Å². The van der Waals surface area contributed by atoms with E-state index in [9.17, 15) is 0 Å². The molecule has 54 valence electrons. The molecule has 0 aromatic heterocycles. The van der Waals surface area contributed by atoms with E-state index in [4.69, 9.17) is 0 Å². The van der Waals surface area contributed by atoms with Gasteiger partial charge >= 0.3 is 0 Å². The predicted molar refractivity (Wildman–Crippen MR) is 47.7 cm³/mol. The van der Waals surface area contributed by atoms with Crippen molar-refractivity contribution in [2.45, 2.75) is 25.4 Å². The monoisotopic (exact) mass is 144 g/mol. The van der Waals surface area contributed by atoms with Crippen LogP contribution in [0.2, 0.25) is 0 Å². The smallest absolute Gasteiger partial charge is 0.0240 e. The Labute approximate surface area is 60.1 Å². The molecule has 1 heteroatoms. The molecule has 1 aliphatic heterocycles. The Bertz CT molecular complexity index is 63.0. The predicted octanol–water partition coefficient (Wildman–Crippen LogP) is 3.08. The first-order valence-corrected chi connectivity index (χ1v) is 5.55. The first-order valence-electron chi connectivity index (χ1n) is 3.51. The fourth-order valence-corrected chi connectivity index (χ4v) is 2.82. The van der Waals surface area contributed by atoms with Crippen molar-refractivity contribution in [3.63, 3.8) is 0 Å². The van der Waals surface area contributed by atoms with E-state index in [1.807, 2.05) is 0 Å². The Hall–Kier alpha value is 0.170. The molecule has 0 N–H and O–H groups in total. The van der Waals surface area contributed by atoms with Gasteiger partial charge in [0.1, 0.15) is 0 Å². The second kappa shape index (κ2) is 4.99. The van der Waals surface area contributed by atoms with Gasteiger partial charge in [-0.1, -0.05) is 6.92 Å². The van der Waals surface area contributed by atoms with Crippen molar-refractivity contribution in [3.8, 4) is 0 Å². The number of hydrogen-bond donors (Lipinski definition) is 0. The average molecular weight is 144 g/mol. The SMILES string of the molecule is C=C.CC1CCCP1C. The summed E-state index contributed by atoms with van der Waals surface area (Å²) in [5.74, 6) is 0. The molecule has 1 saturated heterocycles. The van der Waals surface area contributed by atoms with Gasteiger partial charge in [0.2, 0.25) is 0 Å². The maximum absolute atomic E-state index is 3.00. The second-order valence-electron chi connectivity index (χ2n) is 2.47. The van der Waals surface area contributed by atoms with Crippen LogP contribution in [0.25, 0.3) is 0 Å². The van der Waals surface area contributed by atoms with E-state index < -0.39 is 0 Å². The quantitative estimate of drug-likeness (QED) is 0.362. The van der Waals surface area contributed by atoms with E-state index in [-0.39, 0.29) is 0 Å². The molecule has 1 rings (SSSR count). The summed E-state index contributed by atoms with van der Waals surface area (Å²) < 4.78 is 0. The molecule has 0 aliphatic carbocycles. The molecule has 1 fully saturated rings. The molecular weight excluding hydrogens is 127 g/mol. The summed E-state index contributed by atoms with van der Waals surface area (Å²) in [5, 5.41) is 0. The molecule has 0 amide bonds. The van der Waals surface area contributed by atoms with E-state index in [0.717, 1.165) is 5.66 Å². The zero-order chi connectivity index (χ0) is 7.28. The van der Waals surface area contributed by atoms with Gasteiger partial charge in [0.25, 0.3) is 0 Å². The van der Waals surface area contributed by atoms with Crippen molar-refractivity contribution in [1.82, 2.24) is 0 Å². The maximum atomic E-state index is 3.00. The molecule has 1 heterocycles. The topological polar surface area (TPSA) is 0 Å². The van der Waals surface area contributed by atoms with Gasteiger partial charge in [0.15, 0.2) is 0 Å². The van der Waals surface area contributed by atoms with Crippen LogP contribution in [0.1, 0.15) is 19.8 Å². The first kappa shape index (κ1) is 9.17. The van der Waals surface area contributed by atoms with E-state index >= 15 is 0 Å². The molecular formula is C8H17P. The highest BCUT2D eigenvalue weighted by molar-refractivity contribution is 7.57. The van der Waals surface area contributed by atoms with Crippen molar-refractivity contribution in [2.24, 2.45) is 0 Å². The standard InChI is InChI=1S/C6H13P.C2H4/c1-6-4-3-5-7(6)2;1-2/h6H,3-5H2,1-2H3;1-2H2. The lowest BCUT2D eigenvalue weighted by Crippen LogP contribution is -1.87. The first-order chi connectivity index (χ1) is 4.30. The lowest BCUT2D eigenvalue weighted by Gasteiger charge is -2.06. The summed E-state index contributed by atoms with van der Waals surface area (Å²) >= 11 is 0. The third-order valence-electron chi connectivity index (χ3n) is 1.89. The average Bonchev–Trinajstić information content (AvgIpc) is 2.23.